The zero-order chi connectivity index (χ0) is 14.3. The third-order valence-corrected chi connectivity index (χ3v) is 3.61. The van der Waals surface area contributed by atoms with Crippen molar-refractivity contribution in [3.05, 3.63) is 34.4 Å². The zero-order valence-corrected chi connectivity index (χ0v) is 11.7. The number of aromatic nitrogens is 3. The fraction of sp³-hybridized carbons (Fsp3) is 0.385. The monoisotopic (exact) mass is 296 g/mol. The Morgan fingerprint density at radius 2 is 2.20 bits per heavy atom. The Hall–Kier alpha value is -1.82. The molecule has 5 nitrogen and oxygen atoms in total. The molecule has 20 heavy (non-hydrogen) atoms. The van der Waals surface area contributed by atoms with Crippen LogP contribution in [-0.2, 0) is 13.6 Å². The molecular weight excluding hydrogens is 283 g/mol. The molecule has 1 heterocycles. The predicted molar refractivity (Wildman–Crippen MR) is 73.4 cm³/mol. The van der Waals surface area contributed by atoms with Gasteiger partial charge in [-0.05, 0) is 25.0 Å². The first-order valence-electron chi connectivity index (χ1n) is 6.36. The lowest BCUT2D eigenvalue weighted by Crippen LogP contribution is -2.07. The number of halogens is 2. The number of aromatic hydroxyl groups is 1. The molecule has 0 radical (unpaired) electrons. The van der Waals surface area contributed by atoms with Gasteiger partial charge in [-0.2, -0.15) is 0 Å². The summed E-state index contributed by atoms with van der Waals surface area (Å²) in [6.45, 7) is 0.222. The summed E-state index contributed by atoms with van der Waals surface area (Å²) in [6, 6.07) is 2.60. The van der Waals surface area contributed by atoms with Crippen molar-refractivity contribution in [3.63, 3.8) is 0 Å². The Morgan fingerprint density at radius 1 is 1.45 bits per heavy atom. The summed E-state index contributed by atoms with van der Waals surface area (Å²) >= 11 is 5.78. The van der Waals surface area contributed by atoms with Crippen LogP contribution >= 0.6 is 11.6 Å². The Balaban J connectivity index is 1.76. The quantitative estimate of drug-likeness (QED) is 0.911. The number of anilines is 1. The second-order valence-electron chi connectivity index (χ2n) is 4.96. The molecule has 0 unspecified atom stereocenters. The molecule has 1 aliphatic carbocycles. The number of hydrogen-bond donors (Lipinski definition) is 2. The van der Waals surface area contributed by atoms with Gasteiger partial charge in [0.2, 0.25) is 5.95 Å². The normalized spacial score (nSPS) is 14.6. The predicted octanol–water partition coefficient (Wildman–Crippen LogP) is 2.80. The van der Waals surface area contributed by atoms with E-state index in [0.29, 0.717) is 17.4 Å². The number of phenolic OH excluding ortho intramolecular Hbond substituents is 1. The van der Waals surface area contributed by atoms with Crippen LogP contribution in [0.25, 0.3) is 0 Å². The molecule has 1 saturated carbocycles. The molecule has 0 aliphatic heterocycles. The van der Waals surface area contributed by atoms with E-state index in [1.54, 1.807) is 0 Å². The molecule has 0 amide bonds. The van der Waals surface area contributed by atoms with E-state index in [1.807, 2.05) is 11.6 Å². The molecule has 106 valence electrons. The number of hydrogen-bond acceptors (Lipinski definition) is 4. The number of nitrogens with one attached hydrogen (secondary N) is 1. The average molecular weight is 297 g/mol. The van der Waals surface area contributed by atoms with E-state index in [0.717, 1.165) is 24.7 Å². The van der Waals surface area contributed by atoms with Gasteiger partial charge in [0.25, 0.3) is 0 Å². The van der Waals surface area contributed by atoms with E-state index < -0.39 is 11.6 Å². The molecule has 0 saturated heterocycles. The highest BCUT2D eigenvalue weighted by Gasteiger charge is 2.29. The molecular formula is C13H14ClFN4O. The van der Waals surface area contributed by atoms with Crippen LogP contribution in [0.2, 0.25) is 5.02 Å². The van der Waals surface area contributed by atoms with E-state index in [-0.39, 0.29) is 11.6 Å². The molecule has 1 aromatic carbocycles. The first-order valence-corrected chi connectivity index (χ1v) is 6.74. The maximum absolute atomic E-state index is 13.4. The van der Waals surface area contributed by atoms with Gasteiger partial charge in [0.1, 0.15) is 5.82 Å². The topological polar surface area (TPSA) is 63.0 Å². The summed E-state index contributed by atoms with van der Waals surface area (Å²) in [7, 11) is 1.88. The number of rotatable bonds is 4. The minimum absolute atomic E-state index is 0.222. The van der Waals surface area contributed by atoms with E-state index in [1.165, 1.54) is 6.07 Å². The van der Waals surface area contributed by atoms with Gasteiger partial charge in [-0.1, -0.05) is 11.6 Å². The van der Waals surface area contributed by atoms with Gasteiger partial charge in [-0.3, -0.25) is 0 Å². The highest BCUT2D eigenvalue weighted by Crippen LogP contribution is 2.39. The molecule has 2 N–H and O–H groups in total. The number of nitrogens with zero attached hydrogens (tertiary/aromatic N) is 3. The van der Waals surface area contributed by atoms with Crippen molar-refractivity contribution in [2.75, 3.05) is 5.32 Å². The van der Waals surface area contributed by atoms with Gasteiger partial charge in [-0.15, -0.1) is 10.2 Å². The van der Waals surface area contributed by atoms with E-state index >= 15 is 0 Å². The van der Waals surface area contributed by atoms with E-state index in [2.05, 4.69) is 15.5 Å². The van der Waals surface area contributed by atoms with Gasteiger partial charge in [-0.25, -0.2) is 4.39 Å². The van der Waals surface area contributed by atoms with Gasteiger partial charge >= 0.3 is 0 Å². The maximum Gasteiger partial charge on any atom is 0.224 e. The third-order valence-electron chi connectivity index (χ3n) is 3.40. The van der Waals surface area contributed by atoms with Crippen molar-refractivity contribution >= 4 is 17.5 Å². The molecule has 3 rings (SSSR count). The third kappa shape index (κ3) is 2.43. The van der Waals surface area contributed by atoms with Crippen LogP contribution in [0.15, 0.2) is 12.1 Å². The summed E-state index contributed by atoms with van der Waals surface area (Å²) in [5, 5.41) is 21.1. The van der Waals surface area contributed by atoms with Crippen LogP contribution < -0.4 is 5.32 Å². The van der Waals surface area contributed by atoms with Crippen molar-refractivity contribution in [2.24, 2.45) is 7.05 Å². The van der Waals surface area contributed by atoms with Gasteiger partial charge < -0.3 is 15.0 Å². The van der Waals surface area contributed by atoms with Crippen molar-refractivity contribution in [2.45, 2.75) is 25.3 Å². The first kappa shape index (κ1) is 13.2. The van der Waals surface area contributed by atoms with Gasteiger partial charge in [0, 0.05) is 30.1 Å². The minimum atomic E-state index is -0.731. The molecule has 1 aromatic heterocycles. The van der Waals surface area contributed by atoms with Crippen molar-refractivity contribution < 1.29 is 9.50 Å². The van der Waals surface area contributed by atoms with Crippen molar-refractivity contribution in [3.8, 4) is 5.75 Å². The fourth-order valence-corrected chi connectivity index (χ4v) is 2.35. The Morgan fingerprint density at radius 3 is 2.90 bits per heavy atom. The minimum Gasteiger partial charge on any atom is -0.505 e. The molecule has 1 fully saturated rings. The van der Waals surface area contributed by atoms with Crippen molar-refractivity contribution in [1.82, 2.24) is 14.8 Å². The number of phenols is 1. The van der Waals surface area contributed by atoms with Crippen LogP contribution in [0.4, 0.5) is 10.3 Å². The molecule has 7 heteroatoms. The van der Waals surface area contributed by atoms with E-state index in [9.17, 15) is 9.50 Å². The zero-order valence-electron chi connectivity index (χ0n) is 10.9. The fourth-order valence-electron chi connectivity index (χ4n) is 2.12. The van der Waals surface area contributed by atoms with Crippen LogP contribution in [0.5, 0.6) is 5.75 Å². The van der Waals surface area contributed by atoms with Gasteiger partial charge in [0.05, 0.1) is 0 Å². The summed E-state index contributed by atoms with van der Waals surface area (Å²) in [4.78, 5) is 0. The molecule has 0 spiro atoms. The molecule has 0 bridgehead atoms. The summed E-state index contributed by atoms with van der Waals surface area (Å²) in [5.74, 6) is 0.915. The first-order chi connectivity index (χ1) is 9.56. The smallest absolute Gasteiger partial charge is 0.224 e. The molecule has 1 aliphatic rings. The summed E-state index contributed by atoms with van der Waals surface area (Å²) in [5.41, 5.74) is 0.381. The second kappa shape index (κ2) is 4.94. The molecule has 2 aromatic rings. The average Bonchev–Trinajstić information content (AvgIpc) is 3.17. The summed E-state index contributed by atoms with van der Waals surface area (Å²) in [6.07, 6.45) is 2.29. The van der Waals surface area contributed by atoms with Crippen LogP contribution in [0.3, 0.4) is 0 Å². The largest absolute Gasteiger partial charge is 0.505 e. The lowest BCUT2D eigenvalue weighted by molar-refractivity contribution is 0.426. The molecule has 0 atom stereocenters. The Labute approximate surface area is 120 Å². The van der Waals surface area contributed by atoms with Crippen molar-refractivity contribution in [1.29, 1.82) is 0 Å². The van der Waals surface area contributed by atoms with Crippen LogP contribution in [0.1, 0.15) is 30.1 Å². The summed E-state index contributed by atoms with van der Waals surface area (Å²) < 4.78 is 15.3. The van der Waals surface area contributed by atoms with E-state index in [4.69, 9.17) is 11.6 Å². The SMILES string of the molecule is Cn1c(NCc2cc(Cl)cc(F)c2O)nnc1C1CC1. The van der Waals surface area contributed by atoms with Crippen LogP contribution in [0, 0.1) is 5.82 Å². The second-order valence-corrected chi connectivity index (χ2v) is 5.40. The number of benzene rings is 1. The standard InChI is InChI=1S/C13H14ClFN4O/c1-19-12(7-2-3-7)17-18-13(19)16-6-8-4-9(14)5-10(15)11(8)20/h4-5,7,20H,2-3,6H2,1H3,(H,16,18). The Bertz CT molecular complexity index is 654. The van der Waals surface area contributed by atoms with Crippen LogP contribution in [-0.4, -0.2) is 19.9 Å². The van der Waals surface area contributed by atoms with Gasteiger partial charge in [0.15, 0.2) is 11.6 Å². The lowest BCUT2D eigenvalue weighted by atomic mass is 10.2. The highest BCUT2D eigenvalue weighted by atomic mass is 35.5. The lowest BCUT2D eigenvalue weighted by Gasteiger charge is -2.09. The maximum atomic E-state index is 13.4. The highest BCUT2D eigenvalue weighted by molar-refractivity contribution is 6.30. The Kier molecular flexibility index (Phi) is 3.25.